The van der Waals surface area contributed by atoms with Gasteiger partial charge in [-0.05, 0) is 43.2 Å². The van der Waals surface area contributed by atoms with E-state index in [0.717, 1.165) is 25.0 Å². The van der Waals surface area contributed by atoms with Crippen molar-refractivity contribution in [2.24, 2.45) is 0 Å². The van der Waals surface area contributed by atoms with Gasteiger partial charge in [-0.2, -0.15) is 0 Å². The molecule has 0 radical (unpaired) electrons. The van der Waals surface area contributed by atoms with Gasteiger partial charge < -0.3 is 9.84 Å². The topological polar surface area (TPSA) is 46.5 Å². The van der Waals surface area contributed by atoms with Crippen LogP contribution in [0.15, 0.2) is 18.2 Å². The first-order chi connectivity index (χ1) is 9.30. The minimum atomic E-state index is -0.723. The first-order valence-corrected chi connectivity index (χ1v) is 7.26. The zero-order valence-electron chi connectivity index (χ0n) is 13.0. The second kappa shape index (κ2) is 7.32. The molecule has 112 valence electrons. The largest absolute Gasteiger partial charge is 0.493 e. The van der Waals surface area contributed by atoms with E-state index >= 15 is 0 Å². The van der Waals surface area contributed by atoms with E-state index in [-0.39, 0.29) is 11.8 Å². The van der Waals surface area contributed by atoms with Crippen LogP contribution >= 0.6 is 0 Å². The van der Waals surface area contributed by atoms with E-state index in [2.05, 4.69) is 39.8 Å². The van der Waals surface area contributed by atoms with Crippen LogP contribution in [-0.2, 0) is 10.2 Å². The van der Waals surface area contributed by atoms with Gasteiger partial charge in [0.25, 0.3) is 0 Å². The number of aliphatic carboxylic acids is 1. The molecular weight excluding hydrogens is 252 g/mol. The van der Waals surface area contributed by atoms with Crippen molar-refractivity contribution in [3.8, 4) is 5.75 Å². The van der Waals surface area contributed by atoms with Crippen molar-refractivity contribution in [3.63, 3.8) is 0 Å². The summed E-state index contributed by atoms with van der Waals surface area (Å²) in [5.74, 6) is 0.223. The number of carboxylic acids is 1. The molecule has 0 aliphatic heterocycles. The Morgan fingerprint density at radius 2 is 1.90 bits per heavy atom. The lowest BCUT2D eigenvalue weighted by molar-refractivity contribution is -0.137. The van der Waals surface area contributed by atoms with Crippen LogP contribution in [0, 0.1) is 6.92 Å². The van der Waals surface area contributed by atoms with Crippen molar-refractivity contribution in [2.75, 3.05) is 6.61 Å². The summed E-state index contributed by atoms with van der Waals surface area (Å²) in [5, 5.41) is 8.57. The third-order valence-electron chi connectivity index (χ3n) is 3.24. The average Bonchev–Trinajstić information content (AvgIpc) is 2.33. The SMILES string of the molecule is Cc1ccc(OCCCCCC(=O)O)c(C(C)(C)C)c1. The fraction of sp³-hybridized carbons (Fsp3) is 0.588. The standard InChI is InChI=1S/C17H26O3/c1-13-9-10-15(14(12-13)17(2,3)4)20-11-7-5-6-8-16(18)19/h9-10,12H,5-8,11H2,1-4H3,(H,18,19). The molecule has 0 fully saturated rings. The lowest BCUT2D eigenvalue weighted by atomic mass is 9.85. The van der Waals surface area contributed by atoms with E-state index in [0.29, 0.717) is 6.61 Å². The average molecular weight is 278 g/mol. The lowest BCUT2D eigenvalue weighted by Gasteiger charge is -2.23. The summed E-state index contributed by atoms with van der Waals surface area (Å²) in [6, 6.07) is 6.28. The Labute approximate surface area is 122 Å². The summed E-state index contributed by atoms with van der Waals surface area (Å²) in [6.45, 7) is 9.28. The molecule has 1 aromatic carbocycles. The highest BCUT2D eigenvalue weighted by atomic mass is 16.5. The van der Waals surface area contributed by atoms with Gasteiger partial charge in [-0.3, -0.25) is 4.79 Å². The minimum absolute atomic E-state index is 0.0602. The smallest absolute Gasteiger partial charge is 0.303 e. The van der Waals surface area contributed by atoms with E-state index in [1.807, 2.05) is 6.07 Å². The number of aryl methyl sites for hydroxylation is 1. The zero-order chi connectivity index (χ0) is 15.2. The molecule has 3 nitrogen and oxygen atoms in total. The number of ether oxygens (including phenoxy) is 1. The molecule has 0 unspecified atom stereocenters. The van der Waals surface area contributed by atoms with Crippen LogP contribution in [0.1, 0.15) is 57.6 Å². The fourth-order valence-corrected chi connectivity index (χ4v) is 2.09. The molecule has 0 aromatic heterocycles. The number of benzene rings is 1. The van der Waals surface area contributed by atoms with Gasteiger partial charge in [0.15, 0.2) is 0 Å². The van der Waals surface area contributed by atoms with E-state index in [1.54, 1.807) is 0 Å². The summed E-state index contributed by atoms with van der Waals surface area (Å²) < 4.78 is 5.88. The maximum atomic E-state index is 10.4. The van der Waals surface area contributed by atoms with Crippen LogP contribution in [0.3, 0.4) is 0 Å². The van der Waals surface area contributed by atoms with Crippen molar-refractivity contribution in [1.82, 2.24) is 0 Å². The van der Waals surface area contributed by atoms with Gasteiger partial charge in [-0.25, -0.2) is 0 Å². The first-order valence-electron chi connectivity index (χ1n) is 7.26. The van der Waals surface area contributed by atoms with Crippen LogP contribution in [-0.4, -0.2) is 17.7 Å². The molecule has 0 aliphatic rings. The van der Waals surface area contributed by atoms with Crippen LogP contribution in [0.4, 0.5) is 0 Å². The maximum Gasteiger partial charge on any atom is 0.303 e. The van der Waals surface area contributed by atoms with Gasteiger partial charge in [0, 0.05) is 6.42 Å². The van der Waals surface area contributed by atoms with Gasteiger partial charge in [0.1, 0.15) is 5.75 Å². The van der Waals surface area contributed by atoms with E-state index in [1.165, 1.54) is 11.1 Å². The Morgan fingerprint density at radius 1 is 1.20 bits per heavy atom. The summed E-state index contributed by atoms with van der Waals surface area (Å²) in [4.78, 5) is 10.4. The van der Waals surface area contributed by atoms with Crippen LogP contribution < -0.4 is 4.74 Å². The molecule has 0 bridgehead atoms. The zero-order valence-corrected chi connectivity index (χ0v) is 13.0. The van der Waals surface area contributed by atoms with Crippen molar-refractivity contribution in [2.45, 2.75) is 58.8 Å². The fourth-order valence-electron chi connectivity index (χ4n) is 2.09. The number of hydrogen-bond acceptors (Lipinski definition) is 2. The molecule has 1 rings (SSSR count). The van der Waals surface area contributed by atoms with Crippen LogP contribution in [0.25, 0.3) is 0 Å². The van der Waals surface area contributed by atoms with Crippen LogP contribution in [0.2, 0.25) is 0 Å². The van der Waals surface area contributed by atoms with Crippen molar-refractivity contribution < 1.29 is 14.6 Å². The van der Waals surface area contributed by atoms with E-state index < -0.39 is 5.97 Å². The van der Waals surface area contributed by atoms with Gasteiger partial charge in [0.2, 0.25) is 0 Å². The van der Waals surface area contributed by atoms with Gasteiger partial charge in [0.05, 0.1) is 6.61 Å². The number of carbonyl (C=O) groups is 1. The highest BCUT2D eigenvalue weighted by Gasteiger charge is 2.18. The number of unbranched alkanes of at least 4 members (excludes halogenated alkanes) is 2. The Morgan fingerprint density at radius 3 is 2.50 bits per heavy atom. The first kappa shape index (κ1) is 16.5. The van der Waals surface area contributed by atoms with Gasteiger partial charge >= 0.3 is 5.97 Å². The lowest BCUT2D eigenvalue weighted by Crippen LogP contribution is -2.14. The maximum absolute atomic E-state index is 10.4. The second-order valence-corrected chi connectivity index (χ2v) is 6.30. The summed E-state index contributed by atoms with van der Waals surface area (Å²) in [6.07, 6.45) is 2.75. The molecule has 0 saturated carbocycles. The number of carboxylic acid groups (broad SMARTS) is 1. The quantitative estimate of drug-likeness (QED) is 0.756. The molecule has 3 heteroatoms. The summed E-state index contributed by atoms with van der Waals surface area (Å²) >= 11 is 0. The van der Waals surface area contributed by atoms with Crippen molar-refractivity contribution in [3.05, 3.63) is 29.3 Å². The molecule has 0 spiro atoms. The second-order valence-electron chi connectivity index (χ2n) is 6.30. The van der Waals surface area contributed by atoms with Gasteiger partial charge in [-0.1, -0.05) is 38.5 Å². The predicted octanol–water partition coefficient (Wildman–Crippen LogP) is 4.32. The Bertz CT molecular complexity index is 444. The molecule has 0 aliphatic carbocycles. The van der Waals surface area contributed by atoms with Crippen LogP contribution in [0.5, 0.6) is 5.75 Å². The molecule has 0 saturated heterocycles. The summed E-state index contributed by atoms with van der Waals surface area (Å²) in [7, 11) is 0. The highest BCUT2D eigenvalue weighted by Crippen LogP contribution is 2.32. The molecule has 0 amide bonds. The van der Waals surface area contributed by atoms with Gasteiger partial charge in [-0.15, -0.1) is 0 Å². The molecule has 0 atom stereocenters. The number of rotatable bonds is 7. The monoisotopic (exact) mass is 278 g/mol. The third kappa shape index (κ3) is 5.64. The van der Waals surface area contributed by atoms with Crippen molar-refractivity contribution >= 4 is 5.97 Å². The molecular formula is C17H26O3. The predicted molar refractivity (Wildman–Crippen MR) is 81.5 cm³/mol. The molecule has 1 N–H and O–H groups in total. The Kier molecular flexibility index (Phi) is 6.05. The molecule has 20 heavy (non-hydrogen) atoms. The number of hydrogen-bond donors (Lipinski definition) is 1. The minimum Gasteiger partial charge on any atom is -0.493 e. The van der Waals surface area contributed by atoms with E-state index in [9.17, 15) is 4.79 Å². The van der Waals surface area contributed by atoms with E-state index in [4.69, 9.17) is 9.84 Å². The Balaban J connectivity index is 2.50. The third-order valence-corrected chi connectivity index (χ3v) is 3.24. The normalized spacial score (nSPS) is 11.4. The highest BCUT2D eigenvalue weighted by molar-refractivity contribution is 5.66. The molecule has 1 aromatic rings. The summed E-state index contributed by atoms with van der Waals surface area (Å²) in [5.41, 5.74) is 2.52. The molecule has 0 heterocycles. The Hall–Kier alpha value is -1.51. The van der Waals surface area contributed by atoms with Crippen molar-refractivity contribution in [1.29, 1.82) is 0 Å².